The molecule has 1 aliphatic heterocycles. The highest BCUT2D eigenvalue weighted by molar-refractivity contribution is 5.80. The van der Waals surface area contributed by atoms with Crippen LogP contribution in [0.2, 0.25) is 0 Å². The molecule has 3 aromatic rings. The van der Waals surface area contributed by atoms with Crippen LogP contribution in [-0.2, 0) is 11.3 Å². The molecule has 1 saturated heterocycles. The molecule has 0 unspecified atom stereocenters. The lowest BCUT2D eigenvalue weighted by atomic mass is 9.96. The van der Waals surface area contributed by atoms with Gasteiger partial charge in [0, 0.05) is 32.0 Å². The summed E-state index contributed by atoms with van der Waals surface area (Å²) in [6.45, 7) is 6.40. The number of aromatic nitrogens is 3. The molecule has 6 nitrogen and oxygen atoms in total. The second kappa shape index (κ2) is 7.92. The number of hydrogen-bond donors (Lipinski definition) is 1. The highest BCUT2D eigenvalue weighted by Gasteiger charge is 2.26. The molecule has 0 radical (unpaired) electrons. The van der Waals surface area contributed by atoms with Gasteiger partial charge < -0.3 is 10.2 Å². The maximum Gasteiger partial charge on any atom is 0.225 e. The number of benzene rings is 1. The Balaban J connectivity index is 1.40. The number of pyridine rings is 1. The average molecular weight is 375 g/mol. The number of amides is 1. The van der Waals surface area contributed by atoms with Crippen molar-refractivity contribution >= 4 is 22.8 Å². The predicted molar refractivity (Wildman–Crippen MR) is 110 cm³/mol. The van der Waals surface area contributed by atoms with Crippen LogP contribution in [0.25, 0.3) is 11.2 Å². The lowest BCUT2D eigenvalue weighted by Crippen LogP contribution is -2.43. The van der Waals surface area contributed by atoms with Gasteiger partial charge in [0.15, 0.2) is 5.65 Å². The molecule has 2 aromatic heterocycles. The fourth-order valence-corrected chi connectivity index (χ4v) is 3.69. The SMILES string of the molecule is Cc1ccc(CNC(=O)[C@H]2CCCN(c3cnc4nccnc4c3)C2)cc1C. The van der Waals surface area contributed by atoms with Gasteiger partial charge in [-0.05, 0) is 49.4 Å². The number of rotatable bonds is 4. The van der Waals surface area contributed by atoms with Crippen LogP contribution in [0.3, 0.4) is 0 Å². The monoisotopic (exact) mass is 375 g/mol. The van der Waals surface area contributed by atoms with Crippen LogP contribution in [0, 0.1) is 19.8 Å². The first-order valence-electron chi connectivity index (χ1n) is 9.76. The van der Waals surface area contributed by atoms with Gasteiger partial charge in [-0.25, -0.2) is 9.97 Å². The molecule has 144 valence electrons. The van der Waals surface area contributed by atoms with Gasteiger partial charge in [0.25, 0.3) is 0 Å². The summed E-state index contributed by atoms with van der Waals surface area (Å²) in [6, 6.07) is 8.33. The number of carbonyl (C=O) groups excluding carboxylic acids is 1. The Labute approximate surface area is 165 Å². The summed E-state index contributed by atoms with van der Waals surface area (Å²) in [7, 11) is 0. The summed E-state index contributed by atoms with van der Waals surface area (Å²) in [6.07, 6.45) is 7.04. The third kappa shape index (κ3) is 3.96. The average Bonchev–Trinajstić information content (AvgIpc) is 2.74. The number of carbonyl (C=O) groups is 1. The Kier molecular flexibility index (Phi) is 5.19. The Morgan fingerprint density at radius 3 is 2.86 bits per heavy atom. The molecule has 28 heavy (non-hydrogen) atoms. The van der Waals surface area contributed by atoms with Gasteiger partial charge in [0.05, 0.1) is 17.8 Å². The second-order valence-corrected chi connectivity index (χ2v) is 7.51. The van der Waals surface area contributed by atoms with E-state index < -0.39 is 0 Å². The van der Waals surface area contributed by atoms with E-state index in [0.29, 0.717) is 18.7 Å². The number of piperidine rings is 1. The summed E-state index contributed by atoms with van der Waals surface area (Å²) in [5.74, 6) is 0.106. The van der Waals surface area contributed by atoms with Crippen molar-refractivity contribution in [1.82, 2.24) is 20.3 Å². The van der Waals surface area contributed by atoms with Crippen molar-refractivity contribution in [3.8, 4) is 0 Å². The molecular formula is C22H25N5O. The Morgan fingerprint density at radius 1 is 1.14 bits per heavy atom. The zero-order valence-corrected chi connectivity index (χ0v) is 16.4. The number of hydrogen-bond acceptors (Lipinski definition) is 5. The lowest BCUT2D eigenvalue weighted by Gasteiger charge is -2.33. The van der Waals surface area contributed by atoms with Crippen molar-refractivity contribution in [1.29, 1.82) is 0 Å². The van der Waals surface area contributed by atoms with Crippen molar-refractivity contribution in [2.24, 2.45) is 5.92 Å². The zero-order valence-electron chi connectivity index (χ0n) is 16.4. The molecule has 3 heterocycles. The Bertz CT molecular complexity index is 1000. The van der Waals surface area contributed by atoms with Gasteiger partial charge in [-0.15, -0.1) is 0 Å². The van der Waals surface area contributed by atoms with Crippen LogP contribution in [0.4, 0.5) is 5.69 Å². The molecule has 0 aliphatic carbocycles. The van der Waals surface area contributed by atoms with E-state index >= 15 is 0 Å². The normalized spacial score (nSPS) is 16.9. The van der Waals surface area contributed by atoms with Crippen LogP contribution in [0.15, 0.2) is 42.9 Å². The van der Waals surface area contributed by atoms with Crippen molar-refractivity contribution in [2.75, 3.05) is 18.0 Å². The summed E-state index contributed by atoms with van der Waals surface area (Å²) in [5.41, 5.74) is 6.09. The highest BCUT2D eigenvalue weighted by Crippen LogP contribution is 2.24. The number of aryl methyl sites for hydroxylation is 2. The first kappa shape index (κ1) is 18.3. The first-order chi connectivity index (χ1) is 13.6. The molecule has 0 spiro atoms. The van der Waals surface area contributed by atoms with Gasteiger partial charge >= 0.3 is 0 Å². The molecule has 4 rings (SSSR count). The van der Waals surface area contributed by atoms with Gasteiger partial charge in [-0.1, -0.05) is 18.2 Å². The third-order valence-corrected chi connectivity index (χ3v) is 5.51. The summed E-state index contributed by atoms with van der Waals surface area (Å²) < 4.78 is 0. The smallest absolute Gasteiger partial charge is 0.225 e. The van der Waals surface area contributed by atoms with E-state index in [4.69, 9.17) is 0 Å². The van der Waals surface area contributed by atoms with E-state index in [9.17, 15) is 4.79 Å². The quantitative estimate of drug-likeness (QED) is 0.758. The van der Waals surface area contributed by atoms with Crippen molar-refractivity contribution in [2.45, 2.75) is 33.2 Å². The highest BCUT2D eigenvalue weighted by atomic mass is 16.1. The molecule has 1 N–H and O–H groups in total. The molecule has 1 atom stereocenters. The van der Waals surface area contributed by atoms with Crippen molar-refractivity contribution in [3.63, 3.8) is 0 Å². The maximum absolute atomic E-state index is 12.7. The van der Waals surface area contributed by atoms with Crippen LogP contribution >= 0.6 is 0 Å². The number of nitrogens with zero attached hydrogens (tertiary/aromatic N) is 4. The van der Waals surface area contributed by atoms with E-state index in [0.717, 1.165) is 36.2 Å². The number of nitrogens with one attached hydrogen (secondary N) is 1. The number of anilines is 1. The van der Waals surface area contributed by atoms with E-state index in [1.165, 1.54) is 11.1 Å². The molecule has 0 saturated carbocycles. The Morgan fingerprint density at radius 2 is 2.00 bits per heavy atom. The molecule has 1 amide bonds. The van der Waals surface area contributed by atoms with Crippen LogP contribution in [0.5, 0.6) is 0 Å². The minimum atomic E-state index is -0.0159. The number of fused-ring (bicyclic) bond motifs is 1. The van der Waals surface area contributed by atoms with E-state index in [1.807, 2.05) is 12.3 Å². The van der Waals surface area contributed by atoms with Crippen LogP contribution in [-0.4, -0.2) is 33.9 Å². The van der Waals surface area contributed by atoms with Gasteiger partial charge in [0.1, 0.15) is 5.52 Å². The van der Waals surface area contributed by atoms with E-state index in [1.54, 1.807) is 12.4 Å². The summed E-state index contributed by atoms with van der Waals surface area (Å²) in [5, 5.41) is 3.11. The lowest BCUT2D eigenvalue weighted by molar-refractivity contribution is -0.125. The maximum atomic E-state index is 12.7. The molecule has 1 fully saturated rings. The Hall–Kier alpha value is -3.02. The minimum absolute atomic E-state index is 0.0159. The predicted octanol–water partition coefficient (Wildman–Crippen LogP) is 3.17. The van der Waals surface area contributed by atoms with Crippen LogP contribution in [0.1, 0.15) is 29.5 Å². The summed E-state index contributed by atoms with van der Waals surface area (Å²) in [4.78, 5) is 27.9. The molecule has 1 aliphatic rings. The molecule has 0 bridgehead atoms. The fraction of sp³-hybridized carbons (Fsp3) is 0.364. The van der Waals surface area contributed by atoms with E-state index in [-0.39, 0.29) is 11.8 Å². The van der Waals surface area contributed by atoms with Gasteiger partial charge in [-0.3, -0.25) is 9.78 Å². The summed E-state index contributed by atoms with van der Waals surface area (Å²) >= 11 is 0. The van der Waals surface area contributed by atoms with E-state index in [2.05, 4.69) is 57.2 Å². The largest absolute Gasteiger partial charge is 0.369 e. The second-order valence-electron chi connectivity index (χ2n) is 7.51. The molecule has 1 aromatic carbocycles. The topological polar surface area (TPSA) is 71.0 Å². The third-order valence-electron chi connectivity index (χ3n) is 5.51. The van der Waals surface area contributed by atoms with Gasteiger partial charge in [-0.2, -0.15) is 0 Å². The van der Waals surface area contributed by atoms with Crippen LogP contribution < -0.4 is 10.2 Å². The molecular weight excluding hydrogens is 350 g/mol. The standard InChI is InChI=1S/C22H25N5O/c1-15-5-6-17(10-16(15)2)12-26-22(28)18-4-3-9-27(14-18)19-11-20-21(25-13-19)24-8-7-23-20/h5-8,10-11,13,18H,3-4,9,12,14H2,1-2H3,(H,26,28)/t18-/m0/s1. The van der Waals surface area contributed by atoms with Gasteiger partial charge in [0.2, 0.25) is 5.91 Å². The first-order valence-corrected chi connectivity index (χ1v) is 9.76. The molecule has 6 heteroatoms. The van der Waals surface area contributed by atoms with Crippen molar-refractivity contribution < 1.29 is 4.79 Å². The minimum Gasteiger partial charge on any atom is -0.369 e. The van der Waals surface area contributed by atoms with Crippen molar-refractivity contribution in [3.05, 3.63) is 59.5 Å². The zero-order chi connectivity index (χ0) is 19.5. The fourth-order valence-electron chi connectivity index (χ4n) is 3.69.